The maximum absolute atomic E-state index is 13.0. The molecule has 5 nitrogen and oxygen atoms in total. The fourth-order valence-corrected chi connectivity index (χ4v) is 4.01. The Labute approximate surface area is 158 Å². The van der Waals surface area contributed by atoms with Gasteiger partial charge in [-0.25, -0.2) is 0 Å². The number of ether oxygens (including phenoxy) is 1. The number of carbonyl (C=O) groups is 1. The second-order valence-corrected chi connectivity index (χ2v) is 7.29. The van der Waals surface area contributed by atoms with Gasteiger partial charge in [0.05, 0.1) is 16.3 Å². The lowest BCUT2D eigenvalue weighted by molar-refractivity contribution is 0.0725. The average Bonchev–Trinajstić information content (AvgIpc) is 3.12. The zero-order chi connectivity index (χ0) is 18.1. The van der Waals surface area contributed by atoms with E-state index in [9.17, 15) is 4.79 Å². The van der Waals surface area contributed by atoms with Crippen LogP contribution in [0, 0.1) is 0 Å². The number of nitrogens with zero attached hydrogens (tertiary/aromatic N) is 2. The third kappa shape index (κ3) is 3.17. The molecule has 6 heteroatoms. The number of carbonyl (C=O) groups excluding carboxylic acids is 1. The summed E-state index contributed by atoms with van der Waals surface area (Å²) in [4.78, 5) is 19.4. The van der Waals surface area contributed by atoms with Gasteiger partial charge >= 0.3 is 0 Å². The van der Waals surface area contributed by atoms with Crippen molar-refractivity contribution in [3.05, 3.63) is 46.6 Å². The highest BCUT2D eigenvalue weighted by Crippen LogP contribution is 2.39. The highest BCUT2D eigenvalue weighted by Gasteiger charge is 2.27. The molecule has 0 aliphatic carbocycles. The monoisotopic (exact) mass is 371 g/mol. The smallest absolute Gasteiger partial charge is 0.256 e. The zero-order valence-electron chi connectivity index (χ0n) is 14.6. The van der Waals surface area contributed by atoms with Gasteiger partial charge in [0.2, 0.25) is 0 Å². The SMILES string of the molecule is NCC1Cc2cc(-c3ncccc3C(=O)N3CCCCC3)cc(Cl)c2O1. The van der Waals surface area contributed by atoms with Crippen molar-refractivity contribution in [2.24, 2.45) is 5.73 Å². The van der Waals surface area contributed by atoms with Crippen LogP contribution < -0.4 is 10.5 Å². The van der Waals surface area contributed by atoms with Crippen molar-refractivity contribution >= 4 is 17.5 Å². The minimum Gasteiger partial charge on any atom is -0.487 e. The number of benzene rings is 1. The number of nitrogens with two attached hydrogens (primary N) is 1. The quantitative estimate of drug-likeness (QED) is 0.898. The predicted molar refractivity (Wildman–Crippen MR) is 102 cm³/mol. The van der Waals surface area contributed by atoms with Gasteiger partial charge in [-0.1, -0.05) is 11.6 Å². The van der Waals surface area contributed by atoms with E-state index in [2.05, 4.69) is 4.98 Å². The molecular formula is C20H22ClN3O2. The van der Waals surface area contributed by atoms with Gasteiger partial charge in [-0.05, 0) is 43.5 Å². The molecule has 1 unspecified atom stereocenters. The molecule has 1 atom stereocenters. The fourth-order valence-electron chi connectivity index (χ4n) is 3.73. The van der Waals surface area contributed by atoms with E-state index >= 15 is 0 Å². The minimum absolute atomic E-state index is 0.0421. The standard InChI is InChI=1S/C20H22ClN3O2/c21-17-11-13(9-14-10-15(12-22)26-19(14)17)18-16(5-4-6-23-18)20(25)24-7-2-1-3-8-24/h4-6,9,11,15H,1-3,7-8,10,12,22H2. The topological polar surface area (TPSA) is 68.5 Å². The van der Waals surface area contributed by atoms with Crippen LogP contribution in [0.25, 0.3) is 11.3 Å². The molecular weight excluding hydrogens is 350 g/mol. The van der Waals surface area contributed by atoms with Crippen molar-refractivity contribution in [2.75, 3.05) is 19.6 Å². The van der Waals surface area contributed by atoms with E-state index in [1.807, 2.05) is 29.2 Å². The Morgan fingerprint density at radius 2 is 2.12 bits per heavy atom. The van der Waals surface area contributed by atoms with Gasteiger partial charge in [0.15, 0.2) is 0 Å². The first-order valence-corrected chi connectivity index (χ1v) is 9.49. The van der Waals surface area contributed by atoms with Crippen molar-refractivity contribution in [3.8, 4) is 17.0 Å². The number of aromatic nitrogens is 1. The molecule has 1 aromatic heterocycles. The Bertz CT molecular complexity index is 834. The minimum atomic E-state index is -0.0454. The highest BCUT2D eigenvalue weighted by atomic mass is 35.5. The number of rotatable bonds is 3. The molecule has 136 valence electrons. The molecule has 2 aliphatic heterocycles. The van der Waals surface area contributed by atoms with Gasteiger partial charge in [-0.2, -0.15) is 0 Å². The highest BCUT2D eigenvalue weighted by molar-refractivity contribution is 6.32. The van der Waals surface area contributed by atoms with Crippen LogP contribution in [-0.4, -0.2) is 41.5 Å². The Balaban J connectivity index is 1.71. The number of hydrogen-bond acceptors (Lipinski definition) is 4. The normalized spacial score (nSPS) is 19.2. The van der Waals surface area contributed by atoms with E-state index in [0.29, 0.717) is 28.6 Å². The summed E-state index contributed by atoms with van der Waals surface area (Å²) in [6.45, 7) is 2.07. The van der Waals surface area contributed by atoms with E-state index in [4.69, 9.17) is 22.1 Å². The van der Waals surface area contributed by atoms with Crippen LogP contribution in [0.2, 0.25) is 5.02 Å². The molecule has 2 N–H and O–H groups in total. The molecule has 1 amide bonds. The summed E-state index contributed by atoms with van der Waals surface area (Å²) in [7, 11) is 0. The van der Waals surface area contributed by atoms with Crippen molar-refractivity contribution in [2.45, 2.75) is 31.8 Å². The lowest BCUT2D eigenvalue weighted by Gasteiger charge is -2.27. The first-order valence-electron chi connectivity index (χ1n) is 9.11. The molecule has 26 heavy (non-hydrogen) atoms. The Morgan fingerprint density at radius 3 is 2.88 bits per heavy atom. The molecule has 4 rings (SSSR count). The Hall–Kier alpha value is -2.11. The first kappa shape index (κ1) is 17.3. The molecule has 0 spiro atoms. The van der Waals surface area contributed by atoms with Gasteiger partial charge in [0, 0.05) is 43.4 Å². The predicted octanol–water partition coefficient (Wildman–Crippen LogP) is 3.29. The van der Waals surface area contributed by atoms with E-state index in [0.717, 1.165) is 43.5 Å². The summed E-state index contributed by atoms with van der Waals surface area (Å²) in [6.07, 6.45) is 5.69. The largest absolute Gasteiger partial charge is 0.487 e. The Morgan fingerprint density at radius 1 is 1.31 bits per heavy atom. The second-order valence-electron chi connectivity index (χ2n) is 6.88. The molecule has 2 aliphatic rings. The summed E-state index contributed by atoms with van der Waals surface area (Å²) in [5, 5.41) is 0.537. The number of amides is 1. The molecule has 3 heterocycles. The average molecular weight is 372 g/mol. The third-order valence-corrected chi connectivity index (χ3v) is 5.35. The van der Waals surface area contributed by atoms with E-state index in [1.54, 1.807) is 6.20 Å². The van der Waals surface area contributed by atoms with E-state index in [1.165, 1.54) is 6.42 Å². The summed E-state index contributed by atoms with van der Waals surface area (Å²) in [5.41, 5.74) is 8.89. The number of piperidine rings is 1. The maximum atomic E-state index is 13.0. The molecule has 1 saturated heterocycles. The first-order chi connectivity index (χ1) is 12.7. The van der Waals surface area contributed by atoms with E-state index in [-0.39, 0.29) is 12.0 Å². The van der Waals surface area contributed by atoms with Crippen LogP contribution in [0.5, 0.6) is 5.75 Å². The van der Waals surface area contributed by atoms with Gasteiger partial charge in [0.25, 0.3) is 5.91 Å². The number of halogens is 1. The summed E-state index contributed by atoms with van der Waals surface area (Å²) < 4.78 is 5.80. The van der Waals surface area contributed by atoms with Crippen molar-refractivity contribution in [1.29, 1.82) is 0 Å². The van der Waals surface area contributed by atoms with Gasteiger partial charge in [-0.3, -0.25) is 9.78 Å². The summed E-state index contributed by atoms with van der Waals surface area (Å²) >= 11 is 6.44. The van der Waals surface area contributed by atoms with Crippen LogP contribution in [0.4, 0.5) is 0 Å². The number of likely N-dealkylation sites (tertiary alicyclic amines) is 1. The van der Waals surface area contributed by atoms with Crippen molar-refractivity contribution in [3.63, 3.8) is 0 Å². The van der Waals surface area contributed by atoms with Crippen LogP contribution in [0.15, 0.2) is 30.5 Å². The number of fused-ring (bicyclic) bond motifs is 1. The van der Waals surface area contributed by atoms with Gasteiger partial charge in [-0.15, -0.1) is 0 Å². The third-order valence-electron chi connectivity index (χ3n) is 5.07. The van der Waals surface area contributed by atoms with Gasteiger partial charge < -0.3 is 15.4 Å². The molecule has 1 fully saturated rings. The molecule has 0 radical (unpaired) electrons. The summed E-state index contributed by atoms with van der Waals surface area (Å²) in [5.74, 6) is 0.742. The number of hydrogen-bond donors (Lipinski definition) is 1. The molecule has 1 aromatic carbocycles. The van der Waals surface area contributed by atoms with Crippen LogP contribution in [0.1, 0.15) is 35.2 Å². The Kier molecular flexibility index (Phi) is 4.83. The number of pyridine rings is 1. The van der Waals surface area contributed by atoms with E-state index < -0.39 is 0 Å². The zero-order valence-corrected chi connectivity index (χ0v) is 15.3. The lowest BCUT2D eigenvalue weighted by Crippen LogP contribution is -2.35. The fraction of sp³-hybridized carbons (Fsp3) is 0.400. The van der Waals surface area contributed by atoms with Crippen LogP contribution in [0.3, 0.4) is 0 Å². The van der Waals surface area contributed by atoms with Gasteiger partial charge in [0.1, 0.15) is 11.9 Å². The lowest BCUT2D eigenvalue weighted by atomic mass is 10.00. The van der Waals surface area contributed by atoms with Crippen molar-refractivity contribution < 1.29 is 9.53 Å². The van der Waals surface area contributed by atoms with Crippen LogP contribution >= 0.6 is 11.6 Å². The summed E-state index contributed by atoms with van der Waals surface area (Å²) in [6, 6.07) is 7.50. The molecule has 0 saturated carbocycles. The van der Waals surface area contributed by atoms with Crippen LogP contribution in [-0.2, 0) is 6.42 Å². The second kappa shape index (κ2) is 7.25. The maximum Gasteiger partial charge on any atom is 0.256 e. The molecule has 0 bridgehead atoms. The molecule has 2 aromatic rings. The van der Waals surface area contributed by atoms with Crippen molar-refractivity contribution in [1.82, 2.24) is 9.88 Å².